The molecule has 0 spiro atoms. The van der Waals surface area contributed by atoms with Crippen LogP contribution in [0.4, 0.5) is 0 Å². The number of hydrogen-bond acceptors (Lipinski definition) is 2. The first-order valence-corrected chi connectivity index (χ1v) is 3.64. The van der Waals surface area contributed by atoms with Gasteiger partial charge in [-0.3, -0.25) is 0 Å². The summed E-state index contributed by atoms with van der Waals surface area (Å²) in [4.78, 5) is 0. The van der Waals surface area contributed by atoms with Crippen LogP contribution in [-0.2, 0) is 4.74 Å². The third-order valence-corrected chi connectivity index (χ3v) is 1.15. The van der Waals surface area contributed by atoms with Gasteiger partial charge in [0, 0.05) is 12.6 Å². The van der Waals surface area contributed by atoms with Crippen LogP contribution in [0.25, 0.3) is 0 Å². The van der Waals surface area contributed by atoms with E-state index in [9.17, 15) is 0 Å². The SMILES string of the molecule is C=C(C)CC(N)COCC. The summed E-state index contributed by atoms with van der Waals surface area (Å²) in [5.41, 5.74) is 6.79. The highest BCUT2D eigenvalue weighted by Crippen LogP contribution is 1.99. The molecule has 0 aliphatic heterocycles. The normalized spacial score (nSPS) is 13.1. The van der Waals surface area contributed by atoms with Crippen molar-refractivity contribution in [2.75, 3.05) is 13.2 Å². The Hall–Kier alpha value is -0.340. The van der Waals surface area contributed by atoms with E-state index in [0.717, 1.165) is 18.6 Å². The molecule has 0 aliphatic carbocycles. The molecule has 0 aliphatic rings. The van der Waals surface area contributed by atoms with Gasteiger partial charge in [-0.1, -0.05) is 5.57 Å². The standard InChI is InChI=1S/C8H17NO/c1-4-10-6-8(9)5-7(2)3/h8H,2,4-6,9H2,1,3H3. The summed E-state index contributed by atoms with van der Waals surface area (Å²) in [6, 6.07) is 0.123. The van der Waals surface area contributed by atoms with Gasteiger partial charge in [0.05, 0.1) is 6.61 Å². The van der Waals surface area contributed by atoms with E-state index in [0.29, 0.717) is 6.61 Å². The highest BCUT2D eigenvalue weighted by molar-refractivity contribution is 4.91. The van der Waals surface area contributed by atoms with Gasteiger partial charge in [-0.2, -0.15) is 0 Å². The predicted octanol–water partition coefficient (Wildman–Crippen LogP) is 1.32. The molecule has 2 nitrogen and oxygen atoms in total. The molecule has 10 heavy (non-hydrogen) atoms. The van der Waals surface area contributed by atoms with Crippen LogP contribution >= 0.6 is 0 Å². The van der Waals surface area contributed by atoms with Gasteiger partial charge in [-0.05, 0) is 20.3 Å². The number of ether oxygens (including phenoxy) is 1. The first-order valence-electron chi connectivity index (χ1n) is 3.64. The van der Waals surface area contributed by atoms with E-state index in [-0.39, 0.29) is 6.04 Å². The molecule has 1 unspecified atom stereocenters. The maximum Gasteiger partial charge on any atom is 0.0620 e. The molecule has 2 N–H and O–H groups in total. The monoisotopic (exact) mass is 143 g/mol. The summed E-state index contributed by atoms with van der Waals surface area (Å²) in [6.07, 6.45) is 0.861. The molecule has 0 saturated carbocycles. The maximum absolute atomic E-state index is 5.67. The molecule has 0 fully saturated rings. The Bertz CT molecular complexity index is 101. The maximum atomic E-state index is 5.67. The second-order valence-electron chi connectivity index (χ2n) is 2.58. The molecule has 0 amide bonds. The second kappa shape index (κ2) is 5.45. The van der Waals surface area contributed by atoms with E-state index in [1.165, 1.54) is 0 Å². The van der Waals surface area contributed by atoms with E-state index in [1.807, 2.05) is 13.8 Å². The molecule has 1 atom stereocenters. The Morgan fingerprint density at radius 3 is 2.70 bits per heavy atom. The van der Waals surface area contributed by atoms with Crippen molar-refractivity contribution in [3.05, 3.63) is 12.2 Å². The summed E-state index contributed by atoms with van der Waals surface area (Å²) in [7, 11) is 0. The minimum absolute atomic E-state index is 0.123. The molecule has 0 heterocycles. The Morgan fingerprint density at radius 1 is 1.70 bits per heavy atom. The van der Waals surface area contributed by atoms with Gasteiger partial charge in [0.25, 0.3) is 0 Å². The molecular weight excluding hydrogens is 126 g/mol. The quantitative estimate of drug-likeness (QED) is 0.589. The summed E-state index contributed by atoms with van der Waals surface area (Å²) < 4.78 is 5.13. The van der Waals surface area contributed by atoms with Gasteiger partial charge in [-0.15, -0.1) is 6.58 Å². The van der Waals surface area contributed by atoms with Crippen LogP contribution < -0.4 is 5.73 Å². The second-order valence-corrected chi connectivity index (χ2v) is 2.58. The van der Waals surface area contributed by atoms with E-state index in [2.05, 4.69) is 6.58 Å². The third kappa shape index (κ3) is 5.79. The minimum atomic E-state index is 0.123. The van der Waals surface area contributed by atoms with Crippen LogP contribution in [0.2, 0.25) is 0 Å². The summed E-state index contributed by atoms with van der Waals surface area (Å²) >= 11 is 0. The molecular formula is C8H17NO. The summed E-state index contributed by atoms with van der Waals surface area (Å²) in [5.74, 6) is 0. The number of hydrogen-bond donors (Lipinski definition) is 1. The molecule has 0 aromatic heterocycles. The first kappa shape index (κ1) is 9.66. The van der Waals surface area contributed by atoms with Crippen molar-refractivity contribution in [2.45, 2.75) is 26.3 Å². The van der Waals surface area contributed by atoms with Crippen molar-refractivity contribution in [2.24, 2.45) is 5.73 Å². The lowest BCUT2D eigenvalue weighted by molar-refractivity contribution is 0.133. The smallest absolute Gasteiger partial charge is 0.0620 e. The van der Waals surface area contributed by atoms with Crippen molar-refractivity contribution in [1.29, 1.82) is 0 Å². The van der Waals surface area contributed by atoms with Gasteiger partial charge in [0.2, 0.25) is 0 Å². The van der Waals surface area contributed by atoms with Gasteiger partial charge < -0.3 is 10.5 Å². The molecule has 2 heteroatoms. The lowest BCUT2D eigenvalue weighted by Gasteiger charge is -2.10. The van der Waals surface area contributed by atoms with Crippen LogP contribution in [0.5, 0.6) is 0 Å². The van der Waals surface area contributed by atoms with E-state index in [4.69, 9.17) is 10.5 Å². The fourth-order valence-electron chi connectivity index (χ4n) is 0.776. The minimum Gasteiger partial charge on any atom is -0.380 e. The van der Waals surface area contributed by atoms with Crippen molar-refractivity contribution in [3.8, 4) is 0 Å². The average molecular weight is 143 g/mol. The number of nitrogens with two attached hydrogens (primary N) is 1. The zero-order valence-electron chi connectivity index (χ0n) is 6.89. The highest BCUT2D eigenvalue weighted by Gasteiger charge is 2.00. The summed E-state index contributed by atoms with van der Waals surface area (Å²) in [6.45, 7) is 9.09. The Kier molecular flexibility index (Phi) is 5.26. The van der Waals surface area contributed by atoms with Crippen molar-refractivity contribution >= 4 is 0 Å². The van der Waals surface area contributed by atoms with Crippen molar-refractivity contribution in [1.82, 2.24) is 0 Å². The van der Waals surface area contributed by atoms with Crippen LogP contribution in [0.3, 0.4) is 0 Å². The fraction of sp³-hybridized carbons (Fsp3) is 0.750. The van der Waals surface area contributed by atoms with Crippen LogP contribution in [0, 0.1) is 0 Å². The van der Waals surface area contributed by atoms with Crippen LogP contribution in [0.1, 0.15) is 20.3 Å². The van der Waals surface area contributed by atoms with Gasteiger partial charge in [-0.25, -0.2) is 0 Å². The zero-order chi connectivity index (χ0) is 7.98. The average Bonchev–Trinajstić information content (AvgIpc) is 1.82. The molecule has 0 aromatic rings. The lowest BCUT2D eigenvalue weighted by atomic mass is 10.1. The van der Waals surface area contributed by atoms with Gasteiger partial charge in [0.15, 0.2) is 0 Å². The topological polar surface area (TPSA) is 35.2 Å². The molecule has 60 valence electrons. The zero-order valence-corrected chi connectivity index (χ0v) is 6.89. The summed E-state index contributed by atoms with van der Waals surface area (Å²) in [5, 5.41) is 0. The molecule has 0 rings (SSSR count). The first-order chi connectivity index (χ1) is 4.66. The Morgan fingerprint density at radius 2 is 2.30 bits per heavy atom. The van der Waals surface area contributed by atoms with Crippen LogP contribution in [-0.4, -0.2) is 19.3 Å². The van der Waals surface area contributed by atoms with Gasteiger partial charge in [0.1, 0.15) is 0 Å². The third-order valence-electron chi connectivity index (χ3n) is 1.15. The predicted molar refractivity (Wildman–Crippen MR) is 43.9 cm³/mol. The van der Waals surface area contributed by atoms with E-state index in [1.54, 1.807) is 0 Å². The fourth-order valence-corrected chi connectivity index (χ4v) is 0.776. The molecule has 0 saturated heterocycles. The van der Waals surface area contributed by atoms with Gasteiger partial charge >= 0.3 is 0 Å². The largest absolute Gasteiger partial charge is 0.380 e. The van der Waals surface area contributed by atoms with Crippen LogP contribution in [0.15, 0.2) is 12.2 Å². The van der Waals surface area contributed by atoms with E-state index >= 15 is 0 Å². The van der Waals surface area contributed by atoms with E-state index < -0.39 is 0 Å². The van der Waals surface area contributed by atoms with Crippen molar-refractivity contribution < 1.29 is 4.74 Å². The number of rotatable bonds is 5. The van der Waals surface area contributed by atoms with Crippen molar-refractivity contribution in [3.63, 3.8) is 0 Å². The highest BCUT2D eigenvalue weighted by atomic mass is 16.5. The Balaban J connectivity index is 3.25. The molecule has 0 radical (unpaired) electrons. The lowest BCUT2D eigenvalue weighted by Crippen LogP contribution is -2.26. The Labute approximate surface area is 63.1 Å². The molecule has 0 aromatic carbocycles. The molecule has 0 bridgehead atoms.